The van der Waals surface area contributed by atoms with Crippen molar-refractivity contribution in [3.05, 3.63) is 28.8 Å². The van der Waals surface area contributed by atoms with Gasteiger partial charge in [0.15, 0.2) is 0 Å². The number of benzene rings is 1. The Bertz CT molecular complexity index is 563. The molecule has 106 valence electrons. The molecule has 0 spiro atoms. The zero-order chi connectivity index (χ0) is 14.8. The van der Waals surface area contributed by atoms with Gasteiger partial charge in [0.2, 0.25) is 5.91 Å². The summed E-state index contributed by atoms with van der Waals surface area (Å²) in [7, 11) is 0. The Kier molecular flexibility index (Phi) is 4.20. The van der Waals surface area contributed by atoms with Crippen LogP contribution in [-0.4, -0.2) is 18.0 Å². The molecule has 0 saturated heterocycles. The van der Waals surface area contributed by atoms with Crippen molar-refractivity contribution in [3.63, 3.8) is 0 Å². The molecule has 2 N–H and O–H groups in total. The standard InChI is InChI=1S/C15H18ClN3O/c1-10-12(16)4-3-5-13(10)18-8-14(20)19-15(2,9-17)11-6-7-11/h3-5,11,18H,6-8H2,1-2H3,(H,19,20). The van der Waals surface area contributed by atoms with Crippen molar-refractivity contribution in [2.45, 2.75) is 32.2 Å². The van der Waals surface area contributed by atoms with Crippen molar-refractivity contribution >= 4 is 23.2 Å². The van der Waals surface area contributed by atoms with Crippen LogP contribution in [0.3, 0.4) is 0 Å². The number of carbonyl (C=O) groups is 1. The van der Waals surface area contributed by atoms with Crippen molar-refractivity contribution in [2.24, 2.45) is 5.92 Å². The Hall–Kier alpha value is -1.73. The molecule has 1 amide bonds. The van der Waals surface area contributed by atoms with Gasteiger partial charge in [0.05, 0.1) is 12.6 Å². The highest BCUT2D eigenvalue weighted by molar-refractivity contribution is 6.31. The predicted molar refractivity (Wildman–Crippen MR) is 79.6 cm³/mol. The van der Waals surface area contributed by atoms with Crippen LogP contribution in [0.4, 0.5) is 5.69 Å². The molecular weight excluding hydrogens is 274 g/mol. The lowest BCUT2D eigenvalue weighted by molar-refractivity contribution is -0.120. The summed E-state index contributed by atoms with van der Waals surface area (Å²) in [6.45, 7) is 3.81. The van der Waals surface area contributed by atoms with Crippen LogP contribution < -0.4 is 10.6 Å². The van der Waals surface area contributed by atoms with Crippen molar-refractivity contribution in [1.82, 2.24) is 5.32 Å². The molecule has 5 heteroatoms. The number of anilines is 1. The fourth-order valence-electron chi connectivity index (χ4n) is 2.19. The van der Waals surface area contributed by atoms with Gasteiger partial charge in [-0.2, -0.15) is 5.26 Å². The third-order valence-electron chi connectivity index (χ3n) is 3.73. The highest BCUT2D eigenvalue weighted by Crippen LogP contribution is 2.39. The summed E-state index contributed by atoms with van der Waals surface area (Å²) in [5.41, 5.74) is 0.993. The third-order valence-corrected chi connectivity index (χ3v) is 4.14. The van der Waals surface area contributed by atoms with Crippen LogP contribution >= 0.6 is 11.6 Å². The Morgan fingerprint density at radius 1 is 1.55 bits per heavy atom. The number of nitriles is 1. The fraction of sp³-hybridized carbons (Fsp3) is 0.467. The van der Waals surface area contributed by atoms with E-state index in [1.54, 1.807) is 6.92 Å². The zero-order valence-electron chi connectivity index (χ0n) is 11.7. The van der Waals surface area contributed by atoms with E-state index in [0.717, 1.165) is 24.1 Å². The van der Waals surface area contributed by atoms with E-state index < -0.39 is 5.54 Å². The van der Waals surface area contributed by atoms with Gasteiger partial charge in [0.1, 0.15) is 5.54 Å². The Morgan fingerprint density at radius 3 is 2.85 bits per heavy atom. The Labute approximate surface area is 124 Å². The molecular formula is C15H18ClN3O. The van der Waals surface area contributed by atoms with Crippen LogP contribution in [0.2, 0.25) is 5.02 Å². The molecule has 1 fully saturated rings. The number of nitrogens with zero attached hydrogens (tertiary/aromatic N) is 1. The number of halogens is 1. The molecule has 0 radical (unpaired) electrons. The Morgan fingerprint density at radius 2 is 2.25 bits per heavy atom. The largest absolute Gasteiger partial charge is 0.376 e. The molecule has 1 unspecified atom stereocenters. The second kappa shape index (κ2) is 5.72. The SMILES string of the molecule is Cc1c(Cl)cccc1NCC(=O)NC(C)(C#N)C1CC1. The summed E-state index contributed by atoms with van der Waals surface area (Å²) in [6.07, 6.45) is 2.01. The molecule has 0 aromatic heterocycles. The van der Waals surface area contributed by atoms with Crippen molar-refractivity contribution in [3.8, 4) is 6.07 Å². The third kappa shape index (κ3) is 3.23. The van der Waals surface area contributed by atoms with E-state index >= 15 is 0 Å². The summed E-state index contributed by atoms with van der Waals surface area (Å²) in [4.78, 5) is 12.0. The molecule has 0 aliphatic heterocycles. The van der Waals surface area contributed by atoms with E-state index in [-0.39, 0.29) is 18.4 Å². The van der Waals surface area contributed by atoms with E-state index in [1.807, 2.05) is 25.1 Å². The van der Waals surface area contributed by atoms with Gasteiger partial charge in [0.25, 0.3) is 0 Å². The smallest absolute Gasteiger partial charge is 0.240 e. The van der Waals surface area contributed by atoms with Crippen molar-refractivity contribution in [2.75, 3.05) is 11.9 Å². The first-order chi connectivity index (χ1) is 9.46. The highest BCUT2D eigenvalue weighted by atomic mass is 35.5. The van der Waals surface area contributed by atoms with Gasteiger partial charge in [0, 0.05) is 10.7 Å². The van der Waals surface area contributed by atoms with Crippen molar-refractivity contribution in [1.29, 1.82) is 5.26 Å². The lowest BCUT2D eigenvalue weighted by Gasteiger charge is -2.23. The lowest BCUT2D eigenvalue weighted by atomic mass is 9.98. The zero-order valence-corrected chi connectivity index (χ0v) is 12.4. The normalized spacial score (nSPS) is 16.9. The molecule has 1 aromatic rings. The van der Waals surface area contributed by atoms with E-state index in [9.17, 15) is 10.1 Å². The van der Waals surface area contributed by atoms with Crippen molar-refractivity contribution < 1.29 is 4.79 Å². The quantitative estimate of drug-likeness (QED) is 0.877. The average molecular weight is 292 g/mol. The predicted octanol–water partition coefficient (Wildman–Crippen LogP) is 2.87. The highest BCUT2D eigenvalue weighted by Gasteiger charge is 2.42. The van der Waals surface area contributed by atoms with Gasteiger partial charge in [-0.1, -0.05) is 17.7 Å². The molecule has 1 aliphatic carbocycles. The lowest BCUT2D eigenvalue weighted by Crippen LogP contribution is -2.48. The Balaban J connectivity index is 1.92. The summed E-state index contributed by atoms with van der Waals surface area (Å²) >= 11 is 6.02. The minimum absolute atomic E-state index is 0.130. The number of hydrogen-bond donors (Lipinski definition) is 2. The molecule has 1 atom stereocenters. The first kappa shape index (κ1) is 14.7. The molecule has 4 nitrogen and oxygen atoms in total. The van der Waals surface area contributed by atoms with Crippen LogP contribution in [-0.2, 0) is 4.79 Å². The van der Waals surface area contributed by atoms with Crippen LogP contribution in [0.15, 0.2) is 18.2 Å². The number of hydrogen-bond acceptors (Lipinski definition) is 3. The molecule has 2 rings (SSSR count). The van der Waals surface area contributed by atoms with Crippen LogP contribution in [0.1, 0.15) is 25.3 Å². The van der Waals surface area contributed by atoms with E-state index in [1.165, 1.54) is 0 Å². The van der Waals surface area contributed by atoms with E-state index in [4.69, 9.17) is 11.6 Å². The first-order valence-corrected chi connectivity index (χ1v) is 7.05. The van der Waals surface area contributed by atoms with E-state index in [0.29, 0.717) is 5.02 Å². The molecule has 20 heavy (non-hydrogen) atoms. The topological polar surface area (TPSA) is 64.9 Å². The number of rotatable bonds is 5. The van der Waals surface area contributed by atoms with Gasteiger partial charge in [-0.15, -0.1) is 0 Å². The minimum atomic E-state index is -0.748. The molecule has 0 heterocycles. The average Bonchev–Trinajstić information content (AvgIpc) is 3.25. The summed E-state index contributed by atoms with van der Waals surface area (Å²) in [5.74, 6) is 0.102. The maximum atomic E-state index is 12.0. The van der Waals surface area contributed by atoms with Crippen LogP contribution in [0, 0.1) is 24.2 Å². The minimum Gasteiger partial charge on any atom is -0.376 e. The fourth-order valence-corrected chi connectivity index (χ4v) is 2.36. The monoisotopic (exact) mass is 291 g/mol. The van der Waals surface area contributed by atoms with Gasteiger partial charge in [-0.25, -0.2) is 0 Å². The second-order valence-electron chi connectivity index (χ2n) is 5.40. The molecule has 1 aromatic carbocycles. The summed E-state index contributed by atoms with van der Waals surface area (Å²) < 4.78 is 0. The summed E-state index contributed by atoms with van der Waals surface area (Å²) in [6, 6.07) is 7.72. The molecule has 0 bridgehead atoms. The van der Waals surface area contributed by atoms with Gasteiger partial charge >= 0.3 is 0 Å². The number of amides is 1. The summed E-state index contributed by atoms with van der Waals surface area (Å²) in [5, 5.41) is 15.7. The number of carbonyl (C=O) groups excluding carboxylic acids is 1. The molecule has 1 aliphatic rings. The maximum Gasteiger partial charge on any atom is 0.240 e. The van der Waals surface area contributed by atoms with Crippen LogP contribution in [0.5, 0.6) is 0 Å². The van der Waals surface area contributed by atoms with Gasteiger partial charge in [-0.05, 0) is 50.3 Å². The number of nitrogens with one attached hydrogen (secondary N) is 2. The second-order valence-corrected chi connectivity index (χ2v) is 5.81. The van der Waals surface area contributed by atoms with Gasteiger partial charge in [-0.3, -0.25) is 4.79 Å². The maximum absolute atomic E-state index is 12.0. The van der Waals surface area contributed by atoms with Gasteiger partial charge < -0.3 is 10.6 Å². The first-order valence-electron chi connectivity index (χ1n) is 6.67. The van der Waals surface area contributed by atoms with Crippen LogP contribution in [0.25, 0.3) is 0 Å². The van der Waals surface area contributed by atoms with E-state index in [2.05, 4.69) is 16.7 Å². The molecule has 1 saturated carbocycles.